The smallest absolute Gasteiger partial charge is 0.257 e. The zero-order valence-corrected chi connectivity index (χ0v) is 11.9. The zero-order valence-electron chi connectivity index (χ0n) is 11.9. The summed E-state index contributed by atoms with van der Waals surface area (Å²) < 4.78 is 10.9. The van der Waals surface area contributed by atoms with Crippen LogP contribution in [0, 0.1) is 5.92 Å². The Morgan fingerprint density at radius 3 is 2.95 bits per heavy atom. The van der Waals surface area contributed by atoms with Crippen LogP contribution in [-0.4, -0.2) is 32.3 Å². The quantitative estimate of drug-likeness (QED) is 0.562. The second-order valence-corrected chi connectivity index (χ2v) is 4.93. The monoisotopic (exact) mass is 278 g/mol. The van der Waals surface area contributed by atoms with Gasteiger partial charge in [-0.3, -0.25) is 4.79 Å². The number of ether oxygens (including phenoxy) is 2. The van der Waals surface area contributed by atoms with E-state index in [1.165, 1.54) is 12.8 Å². The van der Waals surface area contributed by atoms with Crippen molar-refractivity contribution in [2.24, 2.45) is 5.92 Å². The highest BCUT2D eigenvalue weighted by molar-refractivity contribution is 6.01. The SMILES string of the molecule is CCOc1cccc(N)c1C(=O)NCCOCC1CC1. The van der Waals surface area contributed by atoms with Gasteiger partial charge in [0.1, 0.15) is 11.3 Å². The molecule has 1 fully saturated rings. The molecule has 1 amide bonds. The van der Waals surface area contributed by atoms with Gasteiger partial charge in [-0.05, 0) is 37.8 Å². The molecule has 0 aromatic heterocycles. The molecule has 1 aliphatic rings. The van der Waals surface area contributed by atoms with Gasteiger partial charge in [0.05, 0.1) is 13.2 Å². The number of nitrogens with two attached hydrogens (primary N) is 1. The van der Waals surface area contributed by atoms with Gasteiger partial charge in [-0.25, -0.2) is 0 Å². The Kier molecular flexibility index (Phi) is 5.24. The number of anilines is 1. The molecule has 0 bridgehead atoms. The Bertz CT molecular complexity index is 458. The molecule has 0 heterocycles. The van der Waals surface area contributed by atoms with E-state index in [4.69, 9.17) is 15.2 Å². The lowest BCUT2D eigenvalue weighted by molar-refractivity contribution is 0.0904. The van der Waals surface area contributed by atoms with Gasteiger partial charge in [0.15, 0.2) is 0 Å². The van der Waals surface area contributed by atoms with E-state index >= 15 is 0 Å². The van der Waals surface area contributed by atoms with Crippen LogP contribution in [0.2, 0.25) is 0 Å². The normalized spacial score (nSPS) is 14.1. The summed E-state index contributed by atoms with van der Waals surface area (Å²) in [5.74, 6) is 1.03. The van der Waals surface area contributed by atoms with E-state index in [0.29, 0.717) is 36.8 Å². The number of benzene rings is 1. The Morgan fingerprint density at radius 1 is 1.45 bits per heavy atom. The van der Waals surface area contributed by atoms with Crippen molar-refractivity contribution in [3.8, 4) is 5.75 Å². The van der Waals surface area contributed by atoms with E-state index < -0.39 is 0 Å². The zero-order chi connectivity index (χ0) is 14.4. The molecule has 0 radical (unpaired) electrons. The molecule has 1 aromatic carbocycles. The molecule has 1 saturated carbocycles. The predicted octanol–water partition coefficient (Wildman–Crippen LogP) is 1.82. The van der Waals surface area contributed by atoms with Crippen molar-refractivity contribution in [1.29, 1.82) is 0 Å². The number of hydrogen-bond acceptors (Lipinski definition) is 4. The van der Waals surface area contributed by atoms with E-state index in [-0.39, 0.29) is 5.91 Å². The number of nitrogens with one attached hydrogen (secondary N) is 1. The highest BCUT2D eigenvalue weighted by Gasteiger charge is 2.21. The molecule has 1 aliphatic carbocycles. The van der Waals surface area contributed by atoms with Crippen molar-refractivity contribution in [3.05, 3.63) is 23.8 Å². The van der Waals surface area contributed by atoms with Crippen molar-refractivity contribution >= 4 is 11.6 Å². The predicted molar refractivity (Wildman–Crippen MR) is 77.9 cm³/mol. The van der Waals surface area contributed by atoms with Crippen LogP contribution < -0.4 is 15.8 Å². The lowest BCUT2D eigenvalue weighted by Crippen LogP contribution is -2.28. The van der Waals surface area contributed by atoms with Gasteiger partial charge in [-0.2, -0.15) is 0 Å². The minimum Gasteiger partial charge on any atom is -0.493 e. The van der Waals surface area contributed by atoms with Crippen LogP contribution in [0.1, 0.15) is 30.1 Å². The van der Waals surface area contributed by atoms with Crippen molar-refractivity contribution < 1.29 is 14.3 Å². The van der Waals surface area contributed by atoms with Crippen LogP contribution in [0.4, 0.5) is 5.69 Å². The standard InChI is InChI=1S/C15H22N2O3/c1-2-20-13-5-3-4-12(16)14(13)15(18)17-8-9-19-10-11-6-7-11/h3-5,11H,2,6-10,16H2,1H3,(H,17,18). The molecule has 110 valence electrons. The maximum atomic E-state index is 12.1. The summed E-state index contributed by atoms with van der Waals surface area (Å²) >= 11 is 0. The lowest BCUT2D eigenvalue weighted by Gasteiger charge is -2.12. The van der Waals surface area contributed by atoms with Gasteiger partial charge >= 0.3 is 0 Å². The van der Waals surface area contributed by atoms with Crippen LogP contribution in [0.3, 0.4) is 0 Å². The summed E-state index contributed by atoms with van der Waals surface area (Å²) in [6.45, 7) is 4.17. The fourth-order valence-electron chi connectivity index (χ4n) is 1.93. The first-order valence-electron chi connectivity index (χ1n) is 7.09. The van der Waals surface area contributed by atoms with E-state index in [1.54, 1.807) is 18.2 Å². The molecule has 5 nitrogen and oxygen atoms in total. The minimum absolute atomic E-state index is 0.221. The topological polar surface area (TPSA) is 73.6 Å². The van der Waals surface area contributed by atoms with Crippen LogP contribution in [0.5, 0.6) is 5.75 Å². The molecule has 1 aromatic rings. The van der Waals surface area contributed by atoms with E-state index in [2.05, 4.69) is 5.32 Å². The largest absolute Gasteiger partial charge is 0.493 e. The molecule has 3 N–H and O–H groups in total. The molecule has 0 saturated heterocycles. The fourth-order valence-corrected chi connectivity index (χ4v) is 1.93. The van der Waals surface area contributed by atoms with Crippen LogP contribution in [0.25, 0.3) is 0 Å². The third-order valence-electron chi connectivity index (χ3n) is 3.17. The van der Waals surface area contributed by atoms with Gasteiger partial charge in [0, 0.05) is 18.8 Å². The third kappa shape index (κ3) is 4.13. The molecule has 2 rings (SSSR count). The maximum absolute atomic E-state index is 12.1. The summed E-state index contributed by atoms with van der Waals surface area (Å²) in [6, 6.07) is 5.22. The second kappa shape index (κ2) is 7.14. The average Bonchev–Trinajstić information content (AvgIpc) is 3.23. The van der Waals surface area contributed by atoms with E-state index in [9.17, 15) is 4.79 Å². The summed E-state index contributed by atoms with van der Waals surface area (Å²) in [6.07, 6.45) is 2.54. The fraction of sp³-hybridized carbons (Fsp3) is 0.533. The van der Waals surface area contributed by atoms with Crippen molar-refractivity contribution in [2.75, 3.05) is 32.1 Å². The van der Waals surface area contributed by atoms with Crippen LogP contribution >= 0.6 is 0 Å². The van der Waals surface area contributed by atoms with Gasteiger partial charge in [-0.15, -0.1) is 0 Å². The number of carbonyl (C=O) groups is 1. The number of rotatable bonds is 8. The molecular formula is C15H22N2O3. The lowest BCUT2D eigenvalue weighted by atomic mass is 10.1. The van der Waals surface area contributed by atoms with E-state index in [0.717, 1.165) is 12.5 Å². The number of amides is 1. The van der Waals surface area contributed by atoms with Gasteiger partial charge in [0.2, 0.25) is 0 Å². The molecule has 5 heteroatoms. The minimum atomic E-state index is -0.221. The Hall–Kier alpha value is -1.75. The Balaban J connectivity index is 1.83. The van der Waals surface area contributed by atoms with Crippen molar-refractivity contribution in [3.63, 3.8) is 0 Å². The van der Waals surface area contributed by atoms with Crippen LogP contribution in [0.15, 0.2) is 18.2 Å². The Labute approximate surface area is 119 Å². The summed E-state index contributed by atoms with van der Waals surface area (Å²) in [4.78, 5) is 12.1. The maximum Gasteiger partial charge on any atom is 0.257 e. The van der Waals surface area contributed by atoms with Gasteiger partial charge < -0.3 is 20.5 Å². The molecule has 20 heavy (non-hydrogen) atoms. The molecule has 0 unspecified atom stereocenters. The first-order chi connectivity index (χ1) is 9.72. The molecule has 0 atom stereocenters. The highest BCUT2D eigenvalue weighted by atomic mass is 16.5. The summed E-state index contributed by atoms with van der Waals surface area (Å²) in [5, 5.41) is 2.81. The van der Waals surface area contributed by atoms with Crippen molar-refractivity contribution in [1.82, 2.24) is 5.32 Å². The second-order valence-electron chi connectivity index (χ2n) is 4.93. The van der Waals surface area contributed by atoms with Gasteiger partial charge in [-0.1, -0.05) is 6.07 Å². The molecule has 0 spiro atoms. The highest BCUT2D eigenvalue weighted by Crippen LogP contribution is 2.28. The number of nitrogen functional groups attached to an aromatic ring is 1. The number of hydrogen-bond donors (Lipinski definition) is 2. The third-order valence-corrected chi connectivity index (χ3v) is 3.17. The van der Waals surface area contributed by atoms with Crippen LogP contribution in [-0.2, 0) is 4.74 Å². The molecule has 0 aliphatic heterocycles. The number of carbonyl (C=O) groups excluding carboxylic acids is 1. The Morgan fingerprint density at radius 2 is 2.25 bits per heavy atom. The summed E-state index contributed by atoms with van der Waals surface area (Å²) in [5.41, 5.74) is 6.68. The van der Waals surface area contributed by atoms with E-state index in [1.807, 2.05) is 6.92 Å². The van der Waals surface area contributed by atoms with Gasteiger partial charge in [0.25, 0.3) is 5.91 Å². The average molecular weight is 278 g/mol. The first kappa shape index (κ1) is 14.7. The van der Waals surface area contributed by atoms with Crippen molar-refractivity contribution in [2.45, 2.75) is 19.8 Å². The first-order valence-corrected chi connectivity index (χ1v) is 7.09. The molecular weight excluding hydrogens is 256 g/mol. The summed E-state index contributed by atoms with van der Waals surface area (Å²) in [7, 11) is 0.